The summed E-state index contributed by atoms with van der Waals surface area (Å²) >= 11 is 1.38. The van der Waals surface area contributed by atoms with Crippen LogP contribution in [0.3, 0.4) is 0 Å². The highest BCUT2D eigenvalue weighted by atomic mass is 32.1. The van der Waals surface area contributed by atoms with Crippen LogP contribution in [-0.2, 0) is 6.54 Å². The summed E-state index contributed by atoms with van der Waals surface area (Å²) < 4.78 is 0. The molecule has 0 bridgehead atoms. The van der Waals surface area contributed by atoms with E-state index >= 15 is 0 Å². The number of carbonyl (C=O) groups is 1. The molecule has 0 aromatic carbocycles. The summed E-state index contributed by atoms with van der Waals surface area (Å²) in [5.74, 6) is 0.0602. The van der Waals surface area contributed by atoms with Crippen LogP contribution in [0.4, 0.5) is 0 Å². The lowest BCUT2D eigenvalue weighted by molar-refractivity contribution is 0.0702. The van der Waals surface area contributed by atoms with Crippen LogP contribution in [-0.4, -0.2) is 29.6 Å². The number of hydrogen-bond donors (Lipinski definition) is 1. The first-order valence-electron chi connectivity index (χ1n) is 5.15. The van der Waals surface area contributed by atoms with Crippen molar-refractivity contribution in [3.63, 3.8) is 0 Å². The van der Waals surface area contributed by atoms with Gasteiger partial charge in [0.05, 0.1) is 0 Å². The lowest BCUT2D eigenvalue weighted by Crippen LogP contribution is -2.19. The molecule has 1 aromatic rings. The normalized spacial score (nSPS) is 15.9. The molecule has 0 saturated heterocycles. The zero-order chi connectivity index (χ0) is 10.8. The van der Waals surface area contributed by atoms with E-state index in [-0.39, 0.29) is 0 Å². The van der Waals surface area contributed by atoms with Crippen molar-refractivity contribution >= 4 is 17.3 Å². The van der Waals surface area contributed by atoms with Crippen molar-refractivity contribution in [2.75, 3.05) is 13.6 Å². The molecule has 1 heterocycles. The molecular formula is C11H15NO2S. The molecule has 4 heteroatoms. The van der Waals surface area contributed by atoms with Gasteiger partial charge in [-0.25, -0.2) is 4.79 Å². The van der Waals surface area contributed by atoms with E-state index in [1.807, 2.05) is 6.07 Å². The van der Waals surface area contributed by atoms with Gasteiger partial charge in [0.1, 0.15) is 4.88 Å². The number of thiophene rings is 1. The van der Waals surface area contributed by atoms with Gasteiger partial charge in [-0.2, -0.15) is 0 Å². The quantitative estimate of drug-likeness (QED) is 0.835. The van der Waals surface area contributed by atoms with Crippen molar-refractivity contribution < 1.29 is 9.90 Å². The van der Waals surface area contributed by atoms with E-state index in [0.29, 0.717) is 4.88 Å². The number of hydrogen-bond acceptors (Lipinski definition) is 3. The molecule has 2 rings (SSSR count). The molecule has 82 valence electrons. The maximum absolute atomic E-state index is 10.7. The highest BCUT2D eigenvalue weighted by Gasteiger charge is 2.22. The third kappa shape index (κ3) is 3.04. The molecule has 0 radical (unpaired) electrons. The Kier molecular flexibility index (Phi) is 3.07. The molecule has 0 spiro atoms. The van der Waals surface area contributed by atoms with Gasteiger partial charge >= 0.3 is 5.97 Å². The van der Waals surface area contributed by atoms with E-state index in [1.54, 1.807) is 6.07 Å². The molecule has 15 heavy (non-hydrogen) atoms. The van der Waals surface area contributed by atoms with Crippen LogP contribution in [0, 0.1) is 5.92 Å². The number of aromatic carboxylic acids is 1. The lowest BCUT2D eigenvalue weighted by atomic mass is 10.3. The summed E-state index contributed by atoms with van der Waals surface area (Å²) in [6.45, 7) is 2.01. The molecule has 1 aromatic heterocycles. The molecule has 1 aliphatic rings. The lowest BCUT2D eigenvalue weighted by Gasteiger charge is -2.14. The second-order valence-electron chi connectivity index (χ2n) is 4.21. The van der Waals surface area contributed by atoms with E-state index in [2.05, 4.69) is 11.9 Å². The fourth-order valence-corrected chi connectivity index (χ4v) is 2.58. The summed E-state index contributed by atoms with van der Waals surface area (Å²) in [6, 6.07) is 3.60. The fraction of sp³-hybridized carbons (Fsp3) is 0.545. The number of rotatable bonds is 5. The van der Waals surface area contributed by atoms with Gasteiger partial charge in [-0.3, -0.25) is 0 Å². The predicted molar refractivity (Wildman–Crippen MR) is 60.3 cm³/mol. The monoisotopic (exact) mass is 225 g/mol. The van der Waals surface area contributed by atoms with Crippen molar-refractivity contribution in [1.82, 2.24) is 4.90 Å². The Balaban J connectivity index is 1.88. The minimum atomic E-state index is -0.823. The molecule has 0 unspecified atom stereocenters. The van der Waals surface area contributed by atoms with Crippen LogP contribution in [0.25, 0.3) is 0 Å². The summed E-state index contributed by atoms with van der Waals surface area (Å²) in [5, 5.41) is 8.78. The van der Waals surface area contributed by atoms with Gasteiger partial charge in [0, 0.05) is 18.0 Å². The third-order valence-corrected chi connectivity index (χ3v) is 3.62. The van der Waals surface area contributed by atoms with Gasteiger partial charge in [0.15, 0.2) is 0 Å². The average Bonchev–Trinajstić information content (AvgIpc) is 2.82. The molecule has 0 aliphatic heterocycles. The topological polar surface area (TPSA) is 40.5 Å². The number of nitrogens with zero attached hydrogens (tertiary/aromatic N) is 1. The first-order valence-corrected chi connectivity index (χ1v) is 5.97. The summed E-state index contributed by atoms with van der Waals surface area (Å²) in [7, 11) is 2.10. The first-order chi connectivity index (χ1) is 7.15. The van der Waals surface area contributed by atoms with Gasteiger partial charge in [-0.1, -0.05) is 0 Å². The molecule has 1 N–H and O–H groups in total. The maximum Gasteiger partial charge on any atom is 0.345 e. The third-order valence-electron chi connectivity index (χ3n) is 2.56. The Morgan fingerprint density at radius 2 is 2.33 bits per heavy atom. The van der Waals surface area contributed by atoms with E-state index in [9.17, 15) is 4.79 Å². The molecule has 0 amide bonds. The Hall–Kier alpha value is -0.870. The Morgan fingerprint density at radius 1 is 1.60 bits per heavy atom. The second-order valence-corrected chi connectivity index (χ2v) is 5.38. The standard InChI is InChI=1S/C11H15NO2S/c1-12(6-8-2-3-8)7-9-4-5-10(15-9)11(13)14/h4-5,8H,2-3,6-7H2,1H3,(H,13,14). The van der Waals surface area contributed by atoms with Crippen molar-refractivity contribution in [2.45, 2.75) is 19.4 Å². The van der Waals surface area contributed by atoms with Crippen LogP contribution >= 0.6 is 11.3 Å². The molecule has 3 nitrogen and oxygen atoms in total. The molecule has 1 fully saturated rings. The van der Waals surface area contributed by atoms with Gasteiger partial charge < -0.3 is 10.0 Å². The van der Waals surface area contributed by atoms with E-state index in [4.69, 9.17) is 5.11 Å². The zero-order valence-electron chi connectivity index (χ0n) is 8.77. The maximum atomic E-state index is 10.7. The first kappa shape index (κ1) is 10.6. The van der Waals surface area contributed by atoms with Crippen LogP contribution < -0.4 is 0 Å². The second kappa shape index (κ2) is 4.33. The fourth-order valence-electron chi connectivity index (χ4n) is 1.65. The van der Waals surface area contributed by atoms with E-state index in [1.165, 1.54) is 24.2 Å². The van der Waals surface area contributed by atoms with Crippen LogP contribution in [0.1, 0.15) is 27.4 Å². The Morgan fingerprint density at radius 3 is 2.87 bits per heavy atom. The van der Waals surface area contributed by atoms with Crippen molar-refractivity contribution in [3.05, 3.63) is 21.9 Å². The molecule has 1 aliphatic carbocycles. The van der Waals surface area contributed by atoms with Crippen molar-refractivity contribution in [2.24, 2.45) is 5.92 Å². The highest BCUT2D eigenvalue weighted by Crippen LogP contribution is 2.30. The summed E-state index contributed by atoms with van der Waals surface area (Å²) in [5.41, 5.74) is 0. The smallest absolute Gasteiger partial charge is 0.345 e. The van der Waals surface area contributed by atoms with Crippen molar-refractivity contribution in [3.8, 4) is 0 Å². The largest absolute Gasteiger partial charge is 0.477 e. The zero-order valence-corrected chi connectivity index (χ0v) is 9.59. The summed E-state index contributed by atoms with van der Waals surface area (Å²) in [6.07, 6.45) is 2.71. The molecular weight excluding hydrogens is 210 g/mol. The van der Waals surface area contributed by atoms with Crippen LogP contribution in [0.15, 0.2) is 12.1 Å². The van der Waals surface area contributed by atoms with Gasteiger partial charge in [0.2, 0.25) is 0 Å². The van der Waals surface area contributed by atoms with E-state index < -0.39 is 5.97 Å². The van der Waals surface area contributed by atoms with E-state index in [0.717, 1.165) is 23.9 Å². The highest BCUT2D eigenvalue weighted by molar-refractivity contribution is 7.13. The molecule has 0 atom stereocenters. The Labute approximate surface area is 93.3 Å². The molecule has 1 saturated carbocycles. The van der Waals surface area contributed by atoms with Crippen molar-refractivity contribution in [1.29, 1.82) is 0 Å². The summed E-state index contributed by atoms with van der Waals surface area (Å²) in [4.78, 5) is 14.5. The van der Waals surface area contributed by atoms with Gasteiger partial charge in [-0.05, 0) is 37.9 Å². The predicted octanol–water partition coefficient (Wildman–Crippen LogP) is 2.29. The van der Waals surface area contributed by atoms with Crippen LogP contribution in [0.5, 0.6) is 0 Å². The van der Waals surface area contributed by atoms with Gasteiger partial charge in [-0.15, -0.1) is 11.3 Å². The van der Waals surface area contributed by atoms with Gasteiger partial charge in [0.25, 0.3) is 0 Å². The number of carboxylic acids is 1. The minimum Gasteiger partial charge on any atom is -0.477 e. The SMILES string of the molecule is CN(Cc1ccc(C(=O)O)s1)CC1CC1. The Bertz CT molecular complexity index is 357. The minimum absolute atomic E-state index is 0.435. The number of carboxylic acid groups (broad SMARTS) is 1. The average molecular weight is 225 g/mol. The van der Waals surface area contributed by atoms with Crippen LogP contribution in [0.2, 0.25) is 0 Å².